The van der Waals surface area contributed by atoms with Gasteiger partial charge in [0, 0.05) is 11.1 Å². The molecule has 20 heavy (non-hydrogen) atoms. The van der Waals surface area contributed by atoms with Crippen LogP contribution in [0.3, 0.4) is 0 Å². The molecule has 0 aliphatic rings. The SMILES string of the molecule is CC(C)(N)C(=O)Nc1ccc2oc(C(C)(C)C)nc2c1. The average Bonchev–Trinajstić information content (AvgIpc) is 2.70. The van der Waals surface area contributed by atoms with Gasteiger partial charge in [-0.3, -0.25) is 4.79 Å². The van der Waals surface area contributed by atoms with Gasteiger partial charge in [-0.2, -0.15) is 0 Å². The summed E-state index contributed by atoms with van der Waals surface area (Å²) in [5, 5.41) is 2.78. The lowest BCUT2D eigenvalue weighted by Gasteiger charge is -2.17. The van der Waals surface area contributed by atoms with E-state index >= 15 is 0 Å². The Balaban J connectivity index is 2.32. The first-order valence-electron chi connectivity index (χ1n) is 6.59. The Bertz CT molecular complexity index is 645. The molecule has 0 fully saturated rings. The first-order valence-corrected chi connectivity index (χ1v) is 6.59. The van der Waals surface area contributed by atoms with E-state index < -0.39 is 5.54 Å². The van der Waals surface area contributed by atoms with E-state index in [2.05, 4.69) is 10.3 Å². The molecular formula is C15H21N3O2. The number of rotatable bonds is 2. The average molecular weight is 275 g/mol. The number of hydrogen-bond donors (Lipinski definition) is 2. The number of benzene rings is 1. The minimum Gasteiger partial charge on any atom is -0.440 e. The van der Waals surface area contributed by atoms with Crippen LogP contribution in [0.4, 0.5) is 5.69 Å². The summed E-state index contributed by atoms with van der Waals surface area (Å²) in [6.45, 7) is 9.44. The molecular weight excluding hydrogens is 254 g/mol. The number of nitrogens with one attached hydrogen (secondary N) is 1. The van der Waals surface area contributed by atoms with E-state index in [1.54, 1.807) is 32.0 Å². The maximum absolute atomic E-state index is 11.9. The largest absolute Gasteiger partial charge is 0.440 e. The Morgan fingerprint density at radius 2 is 1.90 bits per heavy atom. The molecule has 5 heteroatoms. The molecule has 3 N–H and O–H groups in total. The van der Waals surface area contributed by atoms with Crippen LogP contribution < -0.4 is 11.1 Å². The molecule has 0 aliphatic heterocycles. The van der Waals surface area contributed by atoms with Crippen LogP contribution in [0.1, 0.15) is 40.5 Å². The lowest BCUT2D eigenvalue weighted by molar-refractivity contribution is -0.120. The van der Waals surface area contributed by atoms with Crippen LogP contribution >= 0.6 is 0 Å². The maximum atomic E-state index is 11.9. The summed E-state index contributed by atoms with van der Waals surface area (Å²) in [4.78, 5) is 16.3. The fourth-order valence-corrected chi connectivity index (χ4v) is 1.62. The molecule has 2 rings (SSSR count). The predicted octanol–water partition coefficient (Wildman–Crippen LogP) is 2.80. The van der Waals surface area contributed by atoms with E-state index in [4.69, 9.17) is 10.2 Å². The second-order valence-electron chi connectivity index (χ2n) is 6.63. The molecule has 0 saturated heterocycles. The minimum atomic E-state index is -0.921. The van der Waals surface area contributed by atoms with E-state index in [1.165, 1.54) is 0 Å². The molecule has 0 saturated carbocycles. The van der Waals surface area contributed by atoms with E-state index in [0.29, 0.717) is 17.2 Å². The smallest absolute Gasteiger partial charge is 0.243 e. The number of fused-ring (bicyclic) bond motifs is 1. The molecule has 0 aliphatic carbocycles. The molecule has 0 radical (unpaired) electrons. The number of anilines is 1. The Kier molecular flexibility index (Phi) is 3.34. The van der Waals surface area contributed by atoms with Crippen LogP contribution in [0.2, 0.25) is 0 Å². The van der Waals surface area contributed by atoms with Gasteiger partial charge in [-0.05, 0) is 32.0 Å². The summed E-state index contributed by atoms with van der Waals surface area (Å²) in [7, 11) is 0. The topological polar surface area (TPSA) is 81.2 Å². The molecule has 0 bridgehead atoms. The van der Waals surface area contributed by atoms with Crippen molar-refractivity contribution in [3.8, 4) is 0 Å². The number of nitrogens with two attached hydrogens (primary N) is 1. The summed E-state index contributed by atoms with van der Waals surface area (Å²) in [6, 6.07) is 5.37. The van der Waals surface area contributed by atoms with Gasteiger partial charge in [-0.25, -0.2) is 4.98 Å². The Morgan fingerprint density at radius 1 is 1.25 bits per heavy atom. The molecule has 1 heterocycles. The zero-order valence-electron chi connectivity index (χ0n) is 12.6. The summed E-state index contributed by atoms with van der Waals surface area (Å²) in [5.41, 5.74) is 6.78. The van der Waals surface area contributed by atoms with Crippen molar-refractivity contribution in [2.75, 3.05) is 5.32 Å². The molecule has 1 aromatic carbocycles. The molecule has 2 aromatic rings. The number of oxazole rings is 1. The van der Waals surface area contributed by atoms with Gasteiger partial charge in [0.15, 0.2) is 5.58 Å². The van der Waals surface area contributed by atoms with Crippen LogP contribution in [0.5, 0.6) is 0 Å². The van der Waals surface area contributed by atoms with Crippen molar-refractivity contribution < 1.29 is 9.21 Å². The van der Waals surface area contributed by atoms with Crippen molar-refractivity contribution in [2.45, 2.75) is 45.6 Å². The first-order chi connectivity index (χ1) is 9.07. The van der Waals surface area contributed by atoms with Crippen LogP contribution in [0.15, 0.2) is 22.6 Å². The predicted molar refractivity (Wildman–Crippen MR) is 79.6 cm³/mol. The number of hydrogen-bond acceptors (Lipinski definition) is 4. The monoisotopic (exact) mass is 275 g/mol. The van der Waals surface area contributed by atoms with Crippen molar-refractivity contribution >= 4 is 22.7 Å². The van der Waals surface area contributed by atoms with E-state index in [9.17, 15) is 4.79 Å². The zero-order valence-corrected chi connectivity index (χ0v) is 12.6. The Labute approximate surface area is 118 Å². The highest BCUT2D eigenvalue weighted by atomic mass is 16.3. The third-order valence-corrected chi connectivity index (χ3v) is 2.87. The van der Waals surface area contributed by atoms with Gasteiger partial charge in [0.2, 0.25) is 11.8 Å². The van der Waals surface area contributed by atoms with Gasteiger partial charge in [0.1, 0.15) is 5.52 Å². The van der Waals surface area contributed by atoms with Gasteiger partial charge in [-0.1, -0.05) is 20.8 Å². The van der Waals surface area contributed by atoms with Gasteiger partial charge in [0.25, 0.3) is 0 Å². The number of carbonyl (C=O) groups is 1. The number of amides is 1. The van der Waals surface area contributed by atoms with Crippen LogP contribution in [-0.2, 0) is 10.2 Å². The van der Waals surface area contributed by atoms with E-state index in [-0.39, 0.29) is 11.3 Å². The lowest BCUT2D eigenvalue weighted by atomic mass is 9.97. The Hall–Kier alpha value is -1.88. The lowest BCUT2D eigenvalue weighted by Crippen LogP contribution is -2.45. The maximum Gasteiger partial charge on any atom is 0.243 e. The molecule has 0 unspecified atom stereocenters. The fourth-order valence-electron chi connectivity index (χ4n) is 1.62. The molecule has 0 atom stereocenters. The number of carbonyl (C=O) groups excluding carboxylic acids is 1. The second kappa shape index (κ2) is 4.59. The summed E-state index contributed by atoms with van der Waals surface area (Å²) >= 11 is 0. The van der Waals surface area contributed by atoms with Crippen molar-refractivity contribution in [3.63, 3.8) is 0 Å². The summed E-state index contributed by atoms with van der Waals surface area (Å²) < 4.78 is 5.71. The zero-order chi connectivity index (χ0) is 15.1. The van der Waals surface area contributed by atoms with Crippen LogP contribution in [0.25, 0.3) is 11.1 Å². The van der Waals surface area contributed by atoms with Gasteiger partial charge < -0.3 is 15.5 Å². The van der Waals surface area contributed by atoms with Gasteiger partial charge in [-0.15, -0.1) is 0 Å². The Morgan fingerprint density at radius 3 is 2.45 bits per heavy atom. The molecule has 1 aromatic heterocycles. The van der Waals surface area contributed by atoms with Crippen LogP contribution in [0, 0.1) is 0 Å². The number of nitrogens with zero attached hydrogens (tertiary/aromatic N) is 1. The van der Waals surface area contributed by atoms with Crippen molar-refractivity contribution in [3.05, 3.63) is 24.1 Å². The summed E-state index contributed by atoms with van der Waals surface area (Å²) in [6.07, 6.45) is 0. The second-order valence-corrected chi connectivity index (χ2v) is 6.63. The number of aromatic nitrogens is 1. The minimum absolute atomic E-state index is 0.151. The van der Waals surface area contributed by atoms with E-state index in [0.717, 1.165) is 5.52 Å². The first kappa shape index (κ1) is 14.5. The third kappa shape index (κ3) is 2.99. The van der Waals surface area contributed by atoms with Gasteiger partial charge in [0.05, 0.1) is 5.54 Å². The standard InChI is InChI=1S/C15H21N3O2/c1-14(2,3)13-18-10-8-9(6-7-11(10)20-13)17-12(19)15(4,5)16/h6-8H,16H2,1-5H3,(H,17,19). The highest BCUT2D eigenvalue weighted by Crippen LogP contribution is 2.27. The molecule has 1 amide bonds. The highest BCUT2D eigenvalue weighted by Gasteiger charge is 2.23. The van der Waals surface area contributed by atoms with Gasteiger partial charge >= 0.3 is 0 Å². The van der Waals surface area contributed by atoms with E-state index in [1.807, 2.05) is 20.8 Å². The van der Waals surface area contributed by atoms with Crippen LogP contribution in [-0.4, -0.2) is 16.4 Å². The van der Waals surface area contributed by atoms with Crippen molar-refractivity contribution in [2.24, 2.45) is 5.73 Å². The summed E-state index contributed by atoms with van der Waals surface area (Å²) in [5.74, 6) is 0.437. The third-order valence-electron chi connectivity index (χ3n) is 2.87. The quantitative estimate of drug-likeness (QED) is 0.883. The molecule has 108 valence electrons. The normalized spacial score (nSPS) is 12.7. The fraction of sp³-hybridized carbons (Fsp3) is 0.467. The van der Waals surface area contributed by atoms with Crippen molar-refractivity contribution in [1.82, 2.24) is 4.98 Å². The molecule has 0 spiro atoms. The van der Waals surface area contributed by atoms with Crippen molar-refractivity contribution in [1.29, 1.82) is 0 Å². The highest BCUT2D eigenvalue weighted by molar-refractivity contribution is 5.98. The molecule has 5 nitrogen and oxygen atoms in total.